The third-order valence-corrected chi connectivity index (χ3v) is 4.50. The molecule has 3 atom stereocenters. The molecule has 0 aromatic carbocycles. The summed E-state index contributed by atoms with van der Waals surface area (Å²) in [5.41, 5.74) is 0.527. The van der Waals surface area contributed by atoms with Crippen molar-refractivity contribution in [1.82, 2.24) is 5.32 Å². The van der Waals surface area contributed by atoms with E-state index in [-0.39, 0.29) is 5.54 Å². The van der Waals surface area contributed by atoms with E-state index < -0.39 is 0 Å². The van der Waals surface area contributed by atoms with Crippen molar-refractivity contribution in [3.05, 3.63) is 0 Å². The van der Waals surface area contributed by atoms with Crippen LogP contribution in [-0.4, -0.2) is 17.4 Å². The van der Waals surface area contributed by atoms with Crippen molar-refractivity contribution in [3.8, 4) is 0 Å². The summed E-state index contributed by atoms with van der Waals surface area (Å²) in [7, 11) is 0. The van der Waals surface area contributed by atoms with E-state index in [0.29, 0.717) is 17.2 Å². The second kappa shape index (κ2) is 3.83. The van der Waals surface area contributed by atoms with Crippen molar-refractivity contribution in [3.63, 3.8) is 0 Å². The molecular weight excluding hydrogens is 198 g/mol. The van der Waals surface area contributed by atoms with Crippen molar-refractivity contribution in [2.45, 2.75) is 71.4 Å². The molecule has 0 aliphatic carbocycles. The molecule has 0 saturated carbocycles. The number of carbonyl (C=O) groups excluding carboxylic acids is 1. The van der Waals surface area contributed by atoms with Gasteiger partial charge in [-0.2, -0.15) is 0 Å². The highest BCUT2D eigenvalue weighted by atomic mass is 16.1. The first kappa shape index (κ1) is 12.1. The van der Waals surface area contributed by atoms with Gasteiger partial charge in [0.15, 0.2) is 0 Å². The average molecular weight is 223 g/mol. The molecule has 16 heavy (non-hydrogen) atoms. The largest absolute Gasteiger partial charge is 0.308 e. The summed E-state index contributed by atoms with van der Waals surface area (Å²) in [4.78, 5) is 11.4. The minimum Gasteiger partial charge on any atom is -0.308 e. The molecule has 0 aromatic heterocycles. The summed E-state index contributed by atoms with van der Waals surface area (Å²) in [6.45, 7) is 8.74. The summed E-state index contributed by atoms with van der Waals surface area (Å²) < 4.78 is 0. The normalized spacial score (nSPS) is 38.8. The highest BCUT2D eigenvalue weighted by molar-refractivity contribution is 5.77. The molecule has 0 amide bonds. The van der Waals surface area contributed by atoms with E-state index in [0.717, 1.165) is 12.3 Å². The topological polar surface area (TPSA) is 29.1 Å². The van der Waals surface area contributed by atoms with Gasteiger partial charge in [-0.05, 0) is 43.9 Å². The molecule has 92 valence electrons. The van der Waals surface area contributed by atoms with Gasteiger partial charge in [0.25, 0.3) is 0 Å². The second-order valence-corrected chi connectivity index (χ2v) is 7.04. The van der Waals surface area contributed by atoms with Gasteiger partial charge in [-0.25, -0.2) is 0 Å². The molecule has 2 heteroatoms. The van der Waals surface area contributed by atoms with Crippen LogP contribution in [0.2, 0.25) is 0 Å². The molecule has 2 heterocycles. The maximum atomic E-state index is 11.4. The van der Waals surface area contributed by atoms with E-state index in [9.17, 15) is 4.79 Å². The molecule has 0 aromatic rings. The molecule has 2 nitrogen and oxygen atoms in total. The van der Waals surface area contributed by atoms with Crippen molar-refractivity contribution in [2.24, 2.45) is 11.3 Å². The summed E-state index contributed by atoms with van der Waals surface area (Å²) in [6.07, 6.45) is 5.68. The molecule has 1 N–H and O–H groups in total. The Hall–Kier alpha value is -0.370. The maximum Gasteiger partial charge on any atom is 0.131 e. The Kier molecular flexibility index (Phi) is 2.90. The molecule has 0 spiro atoms. The fourth-order valence-electron chi connectivity index (χ4n) is 3.61. The molecule has 2 aliphatic rings. The Labute approximate surface area is 99.2 Å². The molecule has 2 fully saturated rings. The van der Waals surface area contributed by atoms with E-state index in [1.54, 1.807) is 6.92 Å². The van der Waals surface area contributed by atoms with E-state index in [1.165, 1.54) is 25.7 Å². The van der Waals surface area contributed by atoms with Crippen molar-refractivity contribution >= 4 is 5.78 Å². The predicted molar refractivity (Wildman–Crippen MR) is 66.4 cm³/mol. The zero-order valence-electron chi connectivity index (χ0n) is 11.1. The van der Waals surface area contributed by atoms with E-state index in [4.69, 9.17) is 0 Å². The first-order valence-corrected chi connectivity index (χ1v) is 6.58. The number of hydrogen-bond donors (Lipinski definition) is 1. The van der Waals surface area contributed by atoms with Gasteiger partial charge >= 0.3 is 0 Å². The minimum absolute atomic E-state index is 0.146. The van der Waals surface area contributed by atoms with Crippen molar-refractivity contribution in [2.75, 3.05) is 0 Å². The molecule has 3 unspecified atom stereocenters. The van der Waals surface area contributed by atoms with Gasteiger partial charge in [-0.3, -0.25) is 4.79 Å². The monoisotopic (exact) mass is 223 g/mol. The Bertz CT molecular complexity index is 292. The Morgan fingerprint density at radius 3 is 2.69 bits per heavy atom. The SMILES string of the molecule is CC(=O)CC12CCC(CC(C(C)(C)C)C1)N2. The second-order valence-electron chi connectivity index (χ2n) is 7.04. The van der Waals surface area contributed by atoms with Crippen LogP contribution in [0.1, 0.15) is 59.8 Å². The smallest absolute Gasteiger partial charge is 0.131 e. The molecule has 2 bridgehead atoms. The zero-order chi connectivity index (χ0) is 12.0. The first-order valence-electron chi connectivity index (χ1n) is 6.58. The minimum atomic E-state index is 0.146. The van der Waals surface area contributed by atoms with Gasteiger partial charge in [0.1, 0.15) is 5.78 Å². The first-order chi connectivity index (χ1) is 7.31. The standard InChI is InChI=1S/C14H25NO/c1-10(16)8-14-6-5-12(15-14)7-11(9-14)13(2,3)4/h11-12,15H,5-9H2,1-4H3. The highest BCUT2D eigenvalue weighted by Crippen LogP contribution is 2.46. The van der Waals surface area contributed by atoms with Crippen LogP contribution in [0.15, 0.2) is 0 Å². The van der Waals surface area contributed by atoms with Crippen molar-refractivity contribution in [1.29, 1.82) is 0 Å². The number of ketones is 1. The van der Waals surface area contributed by atoms with Gasteiger partial charge in [0, 0.05) is 18.0 Å². The summed E-state index contributed by atoms with van der Waals surface area (Å²) in [5.74, 6) is 1.10. The van der Waals surface area contributed by atoms with E-state index in [1.807, 2.05) is 0 Å². The third kappa shape index (κ3) is 2.32. The van der Waals surface area contributed by atoms with Gasteiger partial charge in [-0.1, -0.05) is 20.8 Å². The lowest BCUT2D eigenvalue weighted by atomic mass is 9.69. The quantitative estimate of drug-likeness (QED) is 0.780. The van der Waals surface area contributed by atoms with Crippen molar-refractivity contribution < 1.29 is 4.79 Å². The summed E-state index contributed by atoms with van der Waals surface area (Å²) >= 11 is 0. The highest BCUT2D eigenvalue weighted by Gasteiger charge is 2.47. The molecule has 2 saturated heterocycles. The third-order valence-electron chi connectivity index (χ3n) is 4.50. The van der Waals surface area contributed by atoms with E-state index in [2.05, 4.69) is 26.1 Å². The van der Waals surface area contributed by atoms with Crippen LogP contribution < -0.4 is 5.32 Å². The predicted octanol–water partition coefficient (Wildman–Crippen LogP) is 2.91. The van der Waals surface area contributed by atoms with Gasteiger partial charge < -0.3 is 5.32 Å². The summed E-state index contributed by atoms with van der Waals surface area (Å²) in [5, 5.41) is 3.72. The number of rotatable bonds is 2. The number of nitrogens with one attached hydrogen (secondary N) is 1. The van der Waals surface area contributed by atoms with Crippen LogP contribution in [0.4, 0.5) is 0 Å². The number of hydrogen-bond acceptors (Lipinski definition) is 2. The Morgan fingerprint density at radius 1 is 1.44 bits per heavy atom. The van der Waals surface area contributed by atoms with Crippen LogP contribution >= 0.6 is 0 Å². The van der Waals surface area contributed by atoms with Crippen LogP contribution in [0.25, 0.3) is 0 Å². The summed E-state index contributed by atoms with van der Waals surface area (Å²) in [6, 6.07) is 0.664. The van der Waals surface area contributed by atoms with E-state index >= 15 is 0 Å². The fourth-order valence-corrected chi connectivity index (χ4v) is 3.61. The van der Waals surface area contributed by atoms with Gasteiger partial charge in [-0.15, -0.1) is 0 Å². The Morgan fingerprint density at radius 2 is 2.12 bits per heavy atom. The Balaban J connectivity index is 2.13. The number of Topliss-reactive ketones (excluding diaryl/α,β-unsaturated/α-hetero) is 1. The molecule has 2 aliphatic heterocycles. The number of piperidine rings is 1. The number of fused-ring (bicyclic) bond motifs is 2. The average Bonchev–Trinajstić information content (AvgIpc) is 2.38. The van der Waals surface area contributed by atoms with Crippen LogP contribution in [0, 0.1) is 11.3 Å². The number of carbonyl (C=O) groups is 1. The van der Waals surface area contributed by atoms with Crippen LogP contribution in [-0.2, 0) is 4.79 Å². The van der Waals surface area contributed by atoms with Crippen LogP contribution in [0.5, 0.6) is 0 Å². The maximum absolute atomic E-state index is 11.4. The fraction of sp³-hybridized carbons (Fsp3) is 0.929. The molecule has 0 radical (unpaired) electrons. The molecule has 2 rings (SSSR count). The van der Waals surface area contributed by atoms with Gasteiger partial charge in [0.05, 0.1) is 0 Å². The van der Waals surface area contributed by atoms with Gasteiger partial charge in [0.2, 0.25) is 0 Å². The lowest BCUT2D eigenvalue weighted by molar-refractivity contribution is -0.118. The molecular formula is C14H25NO. The van der Waals surface area contributed by atoms with Crippen LogP contribution in [0.3, 0.4) is 0 Å². The lowest BCUT2D eigenvalue weighted by Gasteiger charge is -2.44. The zero-order valence-corrected chi connectivity index (χ0v) is 11.1. The lowest BCUT2D eigenvalue weighted by Crippen LogP contribution is -2.52.